The molecule has 2 atom stereocenters. The number of hydrogen-bond acceptors (Lipinski definition) is 4. The molecule has 1 amide bonds. The molecule has 0 saturated carbocycles. The fourth-order valence-electron chi connectivity index (χ4n) is 2.61. The summed E-state index contributed by atoms with van der Waals surface area (Å²) >= 11 is 3.40. The summed E-state index contributed by atoms with van der Waals surface area (Å²) in [5, 5.41) is 3.06. The number of likely N-dealkylation sites (N-methyl/N-ethyl adjacent to an activating group) is 2. The van der Waals surface area contributed by atoms with Crippen molar-refractivity contribution >= 4 is 38.8 Å². The molecule has 1 aromatic carbocycles. The number of hydrogen-bond donors (Lipinski definition) is 1. The summed E-state index contributed by atoms with van der Waals surface area (Å²) in [7, 11) is 3.94. The van der Waals surface area contributed by atoms with Gasteiger partial charge in [-0.15, -0.1) is 22.7 Å². The topological polar surface area (TPSA) is 37.6 Å². The van der Waals surface area contributed by atoms with Crippen LogP contribution >= 0.6 is 22.7 Å². The standard InChI is InChI=1S/C18H21N3OS2/c1-13(18-19-15-8-4-5-9-16(15)24-18)21(3)17(22)12-20(2)11-14-7-6-10-23-14/h4-10,13H,11-12H2,1-3H3/p+1/t13-/m0/s1. The van der Waals surface area contributed by atoms with E-state index in [4.69, 9.17) is 0 Å². The van der Waals surface area contributed by atoms with E-state index in [9.17, 15) is 4.79 Å². The van der Waals surface area contributed by atoms with Gasteiger partial charge < -0.3 is 9.80 Å². The summed E-state index contributed by atoms with van der Waals surface area (Å²) in [5.74, 6) is 0.149. The Balaban J connectivity index is 1.63. The van der Waals surface area contributed by atoms with Gasteiger partial charge in [0, 0.05) is 7.05 Å². The van der Waals surface area contributed by atoms with E-state index in [0.717, 1.165) is 17.1 Å². The average molecular weight is 361 g/mol. The second-order valence-corrected chi connectivity index (χ2v) is 8.18. The minimum absolute atomic E-state index is 0.00978. The van der Waals surface area contributed by atoms with Crippen molar-refractivity contribution < 1.29 is 9.69 Å². The molecule has 0 fully saturated rings. The van der Waals surface area contributed by atoms with Crippen molar-refractivity contribution in [2.75, 3.05) is 20.6 Å². The van der Waals surface area contributed by atoms with Gasteiger partial charge in [0.2, 0.25) is 0 Å². The van der Waals surface area contributed by atoms with Gasteiger partial charge in [0.25, 0.3) is 5.91 Å². The molecule has 126 valence electrons. The van der Waals surface area contributed by atoms with Crippen LogP contribution in [0.25, 0.3) is 10.2 Å². The van der Waals surface area contributed by atoms with Gasteiger partial charge in [0.05, 0.1) is 28.2 Å². The summed E-state index contributed by atoms with van der Waals surface area (Å²) in [5.41, 5.74) is 1.01. The van der Waals surface area contributed by atoms with E-state index in [-0.39, 0.29) is 11.9 Å². The Morgan fingerprint density at radius 2 is 2.08 bits per heavy atom. The van der Waals surface area contributed by atoms with Crippen molar-refractivity contribution in [3.63, 3.8) is 0 Å². The van der Waals surface area contributed by atoms with Crippen molar-refractivity contribution in [3.05, 3.63) is 51.7 Å². The number of aromatic nitrogens is 1. The SMILES string of the molecule is C[C@@H](c1nc2ccccc2s1)N(C)C(=O)C[NH+](C)Cc1cccs1. The van der Waals surface area contributed by atoms with Crippen LogP contribution in [0.4, 0.5) is 0 Å². The van der Waals surface area contributed by atoms with Crippen LogP contribution in [-0.2, 0) is 11.3 Å². The van der Waals surface area contributed by atoms with E-state index in [0.29, 0.717) is 6.54 Å². The minimum atomic E-state index is -0.00978. The largest absolute Gasteiger partial charge is 0.332 e. The third-order valence-electron chi connectivity index (χ3n) is 4.15. The zero-order valence-electron chi connectivity index (χ0n) is 14.2. The number of thiophene rings is 1. The lowest BCUT2D eigenvalue weighted by molar-refractivity contribution is -0.885. The number of fused-ring (bicyclic) bond motifs is 1. The van der Waals surface area contributed by atoms with E-state index in [1.807, 2.05) is 37.1 Å². The Morgan fingerprint density at radius 1 is 1.29 bits per heavy atom. The minimum Gasteiger partial charge on any atom is -0.332 e. The van der Waals surface area contributed by atoms with Crippen molar-refractivity contribution in [2.45, 2.75) is 19.5 Å². The molecule has 4 nitrogen and oxygen atoms in total. The van der Waals surface area contributed by atoms with Crippen LogP contribution in [0.1, 0.15) is 22.9 Å². The van der Waals surface area contributed by atoms with Crippen LogP contribution in [0.2, 0.25) is 0 Å². The fourth-order valence-corrected chi connectivity index (χ4v) is 4.49. The third kappa shape index (κ3) is 3.83. The molecule has 3 rings (SSSR count). The monoisotopic (exact) mass is 360 g/mol. The number of benzene rings is 1. The maximum absolute atomic E-state index is 12.6. The number of carbonyl (C=O) groups excluding carboxylic acids is 1. The first-order valence-corrected chi connectivity index (χ1v) is 9.69. The normalized spacial score (nSPS) is 13.8. The second-order valence-electron chi connectivity index (χ2n) is 6.09. The number of amides is 1. The van der Waals surface area contributed by atoms with Crippen LogP contribution in [0.5, 0.6) is 0 Å². The van der Waals surface area contributed by atoms with Crippen molar-refractivity contribution in [3.8, 4) is 0 Å². The molecule has 2 aromatic heterocycles. The molecule has 3 aromatic rings. The molecule has 0 aliphatic heterocycles. The summed E-state index contributed by atoms with van der Waals surface area (Å²) in [6.45, 7) is 3.42. The molecule has 0 aliphatic carbocycles. The Kier molecular flexibility index (Phi) is 5.28. The molecule has 2 heterocycles. The maximum atomic E-state index is 12.6. The molecule has 0 aliphatic rings. The first kappa shape index (κ1) is 17.1. The Hall–Kier alpha value is -1.76. The van der Waals surface area contributed by atoms with Crippen LogP contribution in [0.15, 0.2) is 41.8 Å². The summed E-state index contributed by atoms with van der Waals surface area (Å²) in [6.07, 6.45) is 0. The summed E-state index contributed by atoms with van der Waals surface area (Å²) in [4.78, 5) is 21.6. The number of quaternary nitrogens is 1. The summed E-state index contributed by atoms with van der Waals surface area (Å²) < 4.78 is 1.17. The maximum Gasteiger partial charge on any atom is 0.278 e. The van der Waals surface area contributed by atoms with Gasteiger partial charge in [-0.1, -0.05) is 18.2 Å². The first-order valence-electron chi connectivity index (χ1n) is 7.99. The van der Waals surface area contributed by atoms with Gasteiger partial charge in [-0.2, -0.15) is 0 Å². The van der Waals surface area contributed by atoms with E-state index >= 15 is 0 Å². The molecule has 0 saturated heterocycles. The lowest BCUT2D eigenvalue weighted by Gasteiger charge is -2.24. The highest BCUT2D eigenvalue weighted by molar-refractivity contribution is 7.18. The molecular formula is C18H22N3OS2+. The van der Waals surface area contributed by atoms with Crippen LogP contribution in [0.3, 0.4) is 0 Å². The predicted molar refractivity (Wildman–Crippen MR) is 101 cm³/mol. The summed E-state index contributed by atoms with van der Waals surface area (Å²) in [6, 6.07) is 12.3. The van der Waals surface area contributed by atoms with Gasteiger partial charge in [0.1, 0.15) is 11.6 Å². The predicted octanol–water partition coefficient (Wildman–Crippen LogP) is 2.59. The molecule has 24 heavy (non-hydrogen) atoms. The second kappa shape index (κ2) is 7.42. The van der Waals surface area contributed by atoms with E-state index in [1.165, 1.54) is 14.5 Å². The van der Waals surface area contributed by atoms with Crippen molar-refractivity contribution in [1.82, 2.24) is 9.88 Å². The van der Waals surface area contributed by atoms with Crippen LogP contribution < -0.4 is 4.90 Å². The van der Waals surface area contributed by atoms with E-state index < -0.39 is 0 Å². The molecule has 0 bridgehead atoms. The number of rotatable bonds is 6. The average Bonchev–Trinajstić information content (AvgIpc) is 3.22. The van der Waals surface area contributed by atoms with Gasteiger partial charge in [-0.05, 0) is 30.5 Å². The zero-order valence-corrected chi connectivity index (χ0v) is 15.8. The van der Waals surface area contributed by atoms with Crippen LogP contribution in [0, 0.1) is 0 Å². The Morgan fingerprint density at radius 3 is 2.79 bits per heavy atom. The highest BCUT2D eigenvalue weighted by atomic mass is 32.1. The number of nitrogens with one attached hydrogen (secondary N) is 1. The highest BCUT2D eigenvalue weighted by Gasteiger charge is 2.23. The molecule has 0 spiro atoms. The smallest absolute Gasteiger partial charge is 0.278 e. The van der Waals surface area contributed by atoms with Gasteiger partial charge in [-0.25, -0.2) is 4.98 Å². The van der Waals surface area contributed by atoms with Crippen molar-refractivity contribution in [2.24, 2.45) is 0 Å². The molecule has 0 radical (unpaired) electrons. The molecule has 1 N–H and O–H groups in total. The fraction of sp³-hybridized carbons (Fsp3) is 0.333. The van der Waals surface area contributed by atoms with Crippen LogP contribution in [-0.4, -0.2) is 36.4 Å². The Bertz CT molecular complexity index is 780. The highest BCUT2D eigenvalue weighted by Crippen LogP contribution is 2.28. The lowest BCUT2D eigenvalue weighted by Crippen LogP contribution is -3.08. The number of thiazole rings is 1. The van der Waals surface area contributed by atoms with Gasteiger partial charge in [-0.3, -0.25) is 4.79 Å². The van der Waals surface area contributed by atoms with Gasteiger partial charge >= 0.3 is 0 Å². The Labute approximate surface area is 150 Å². The van der Waals surface area contributed by atoms with Crippen molar-refractivity contribution in [1.29, 1.82) is 0 Å². The number of nitrogens with zero attached hydrogens (tertiary/aromatic N) is 2. The molecular weight excluding hydrogens is 338 g/mol. The molecule has 6 heteroatoms. The third-order valence-corrected chi connectivity index (χ3v) is 6.23. The van der Waals surface area contributed by atoms with Gasteiger partial charge in [0.15, 0.2) is 6.54 Å². The number of carbonyl (C=O) groups is 1. The van der Waals surface area contributed by atoms with E-state index in [1.54, 1.807) is 22.7 Å². The first-order chi connectivity index (χ1) is 11.5. The number of para-hydroxylation sites is 1. The zero-order chi connectivity index (χ0) is 17.1. The lowest BCUT2D eigenvalue weighted by atomic mass is 10.3. The quantitative estimate of drug-likeness (QED) is 0.734. The molecule has 1 unspecified atom stereocenters. The van der Waals surface area contributed by atoms with E-state index in [2.05, 4.69) is 35.6 Å².